The van der Waals surface area contributed by atoms with E-state index in [0.29, 0.717) is 18.8 Å². The van der Waals surface area contributed by atoms with Crippen LogP contribution in [0.3, 0.4) is 0 Å². The molecule has 2 fully saturated rings. The molecular formula is C19H24FN3O3S. The summed E-state index contributed by atoms with van der Waals surface area (Å²) in [5.41, 5.74) is 0.497. The van der Waals surface area contributed by atoms with Crippen LogP contribution in [0.15, 0.2) is 18.2 Å². The van der Waals surface area contributed by atoms with Gasteiger partial charge in [-0.05, 0) is 31.0 Å². The molecule has 3 amide bonds. The van der Waals surface area contributed by atoms with Gasteiger partial charge in [0, 0.05) is 36.9 Å². The standard InChI is InChI=1S/C19H24FN3O3S/c20-15-7-6-14(21-17(24)8-9-23-10-11-27-19(23)26)12-16(15)22-18(25)13-4-2-1-3-5-13/h6-7,12-13H,1-5,8-11H2,(H,21,24)(H,22,25). The van der Waals surface area contributed by atoms with Crippen molar-refractivity contribution in [1.82, 2.24) is 4.90 Å². The van der Waals surface area contributed by atoms with Gasteiger partial charge in [-0.15, -0.1) is 0 Å². The minimum Gasteiger partial charge on any atom is -0.332 e. The van der Waals surface area contributed by atoms with Crippen molar-refractivity contribution in [3.8, 4) is 0 Å². The molecule has 0 bridgehead atoms. The molecule has 1 aliphatic heterocycles. The van der Waals surface area contributed by atoms with Crippen LogP contribution < -0.4 is 10.6 Å². The molecule has 146 valence electrons. The molecule has 0 atom stereocenters. The van der Waals surface area contributed by atoms with Crippen molar-refractivity contribution in [2.75, 3.05) is 29.5 Å². The van der Waals surface area contributed by atoms with Gasteiger partial charge in [0.1, 0.15) is 5.82 Å². The van der Waals surface area contributed by atoms with E-state index < -0.39 is 5.82 Å². The molecule has 1 aromatic rings. The Hall–Kier alpha value is -2.09. The van der Waals surface area contributed by atoms with Crippen LogP contribution in [0.1, 0.15) is 38.5 Å². The first-order chi connectivity index (χ1) is 13.0. The maximum absolute atomic E-state index is 14.1. The highest BCUT2D eigenvalue weighted by molar-refractivity contribution is 8.13. The Labute approximate surface area is 162 Å². The predicted molar refractivity (Wildman–Crippen MR) is 104 cm³/mol. The zero-order valence-corrected chi connectivity index (χ0v) is 15.9. The number of amides is 3. The lowest BCUT2D eigenvalue weighted by atomic mass is 9.88. The zero-order chi connectivity index (χ0) is 19.2. The third-order valence-electron chi connectivity index (χ3n) is 4.94. The van der Waals surface area contributed by atoms with E-state index in [2.05, 4.69) is 10.6 Å². The van der Waals surface area contributed by atoms with Gasteiger partial charge in [0.2, 0.25) is 11.8 Å². The van der Waals surface area contributed by atoms with E-state index in [0.717, 1.165) is 37.9 Å². The van der Waals surface area contributed by atoms with Gasteiger partial charge in [0.25, 0.3) is 5.24 Å². The highest BCUT2D eigenvalue weighted by Crippen LogP contribution is 2.26. The van der Waals surface area contributed by atoms with E-state index >= 15 is 0 Å². The molecular weight excluding hydrogens is 369 g/mol. The fourth-order valence-corrected chi connectivity index (χ4v) is 4.24. The molecule has 0 aromatic heterocycles. The normalized spacial score (nSPS) is 17.8. The van der Waals surface area contributed by atoms with Crippen LogP contribution in [0.5, 0.6) is 0 Å². The summed E-state index contributed by atoms with van der Waals surface area (Å²) in [5.74, 6) is -0.273. The lowest BCUT2D eigenvalue weighted by Gasteiger charge is -2.21. The molecule has 1 saturated carbocycles. The highest BCUT2D eigenvalue weighted by Gasteiger charge is 2.23. The molecule has 2 N–H and O–H groups in total. The smallest absolute Gasteiger partial charge is 0.281 e. The van der Waals surface area contributed by atoms with Gasteiger partial charge < -0.3 is 15.5 Å². The monoisotopic (exact) mass is 393 g/mol. The van der Waals surface area contributed by atoms with Crippen molar-refractivity contribution in [1.29, 1.82) is 0 Å². The van der Waals surface area contributed by atoms with Gasteiger partial charge in [-0.2, -0.15) is 0 Å². The number of nitrogens with zero attached hydrogens (tertiary/aromatic N) is 1. The Bertz CT molecular complexity index is 722. The van der Waals surface area contributed by atoms with Crippen molar-refractivity contribution in [3.63, 3.8) is 0 Å². The predicted octanol–water partition coefficient (Wildman–Crippen LogP) is 3.84. The molecule has 1 saturated heterocycles. The third-order valence-corrected chi connectivity index (χ3v) is 5.83. The molecule has 0 unspecified atom stereocenters. The van der Waals surface area contributed by atoms with Crippen molar-refractivity contribution in [2.45, 2.75) is 38.5 Å². The maximum Gasteiger partial charge on any atom is 0.281 e. The number of carbonyl (C=O) groups excluding carboxylic acids is 3. The number of anilines is 2. The summed E-state index contributed by atoms with van der Waals surface area (Å²) in [6.45, 7) is 1.02. The second kappa shape index (κ2) is 9.21. The third kappa shape index (κ3) is 5.45. The first-order valence-electron chi connectivity index (χ1n) is 9.35. The summed E-state index contributed by atoms with van der Waals surface area (Å²) in [5, 5.41) is 5.35. The number of carbonyl (C=O) groups is 3. The number of thioether (sulfide) groups is 1. The molecule has 0 spiro atoms. The molecule has 3 rings (SSSR count). The fourth-order valence-electron chi connectivity index (χ4n) is 3.39. The average molecular weight is 393 g/mol. The van der Waals surface area contributed by atoms with E-state index in [9.17, 15) is 18.8 Å². The topological polar surface area (TPSA) is 78.5 Å². The number of hydrogen-bond acceptors (Lipinski definition) is 4. The van der Waals surface area contributed by atoms with Crippen molar-refractivity contribution in [3.05, 3.63) is 24.0 Å². The van der Waals surface area contributed by atoms with Crippen molar-refractivity contribution >= 4 is 40.2 Å². The van der Waals surface area contributed by atoms with E-state index in [1.165, 1.54) is 30.0 Å². The second-order valence-corrected chi connectivity index (χ2v) is 7.96. The molecule has 8 heteroatoms. The van der Waals surface area contributed by atoms with Gasteiger partial charge in [-0.25, -0.2) is 4.39 Å². The van der Waals surface area contributed by atoms with E-state index in [4.69, 9.17) is 0 Å². The lowest BCUT2D eigenvalue weighted by Crippen LogP contribution is -2.28. The van der Waals surface area contributed by atoms with Crippen LogP contribution in [0.25, 0.3) is 0 Å². The number of rotatable bonds is 6. The van der Waals surface area contributed by atoms with Gasteiger partial charge in [0.05, 0.1) is 5.69 Å². The first kappa shape index (κ1) is 19.7. The minimum atomic E-state index is -0.531. The summed E-state index contributed by atoms with van der Waals surface area (Å²) in [4.78, 5) is 37.6. The lowest BCUT2D eigenvalue weighted by molar-refractivity contribution is -0.120. The minimum absolute atomic E-state index is 0.00251. The average Bonchev–Trinajstić information content (AvgIpc) is 3.08. The van der Waals surface area contributed by atoms with Gasteiger partial charge >= 0.3 is 0 Å². The quantitative estimate of drug-likeness (QED) is 0.770. The van der Waals surface area contributed by atoms with Crippen LogP contribution in [-0.2, 0) is 9.59 Å². The number of benzene rings is 1. The summed E-state index contributed by atoms with van der Waals surface area (Å²) in [6.07, 6.45) is 5.02. The van der Waals surface area contributed by atoms with Crippen LogP contribution in [0.4, 0.5) is 20.6 Å². The summed E-state index contributed by atoms with van der Waals surface area (Å²) >= 11 is 1.26. The largest absolute Gasteiger partial charge is 0.332 e. The van der Waals surface area contributed by atoms with E-state index in [1.54, 1.807) is 4.90 Å². The van der Waals surface area contributed by atoms with Crippen molar-refractivity contribution in [2.24, 2.45) is 5.92 Å². The summed E-state index contributed by atoms with van der Waals surface area (Å²) in [7, 11) is 0. The van der Waals surface area contributed by atoms with E-state index in [1.807, 2.05) is 0 Å². The highest BCUT2D eigenvalue weighted by atomic mass is 32.2. The van der Waals surface area contributed by atoms with Gasteiger partial charge in [-0.3, -0.25) is 14.4 Å². The molecule has 1 aromatic carbocycles. The summed E-state index contributed by atoms with van der Waals surface area (Å²) < 4.78 is 14.1. The Balaban J connectivity index is 1.54. The van der Waals surface area contributed by atoms with Crippen molar-refractivity contribution < 1.29 is 18.8 Å². The molecule has 2 aliphatic rings. The fraction of sp³-hybridized carbons (Fsp3) is 0.526. The molecule has 27 heavy (non-hydrogen) atoms. The first-order valence-corrected chi connectivity index (χ1v) is 10.3. The van der Waals surface area contributed by atoms with Crippen LogP contribution in [0, 0.1) is 11.7 Å². The van der Waals surface area contributed by atoms with Crippen LogP contribution in [-0.4, -0.2) is 40.8 Å². The molecule has 0 radical (unpaired) electrons. The maximum atomic E-state index is 14.1. The number of nitrogens with one attached hydrogen (secondary N) is 2. The summed E-state index contributed by atoms with van der Waals surface area (Å²) in [6, 6.07) is 4.12. The molecule has 6 nitrogen and oxygen atoms in total. The SMILES string of the molecule is O=C(CCN1CCSC1=O)Nc1ccc(F)c(NC(=O)C2CCCCC2)c1. The Morgan fingerprint density at radius 1 is 1.19 bits per heavy atom. The van der Waals surface area contributed by atoms with E-state index in [-0.39, 0.29) is 35.1 Å². The Morgan fingerprint density at radius 3 is 2.67 bits per heavy atom. The number of halogens is 1. The van der Waals surface area contributed by atoms with Gasteiger partial charge in [0.15, 0.2) is 0 Å². The number of hydrogen-bond donors (Lipinski definition) is 2. The van der Waals surface area contributed by atoms with Gasteiger partial charge in [-0.1, -0.05) is 31.0 Å². The second-order valence-electron chi connectivity index (χ2n) is 6.92. The van der Waals surface area contributed by atoms with Crippen LogP contribution >= 0.6 is 11.8 Å². The zero-order valence-electron chi connectivity index (χ0n) is 15.1. The molecule has 1 aliphatic carbocycles. The Kier molecular flexibility index (Phi) is 6.71. The van der Waals surface area contributed by atoms with Crippen LogP contribution in [0.2, 0.25) is 0 Å². The molecule has 1 heterocycles. The Morgan fingerprint density at radius 2 is 1.96 bits per heavy atom.